The van der Waals surface area contributed by atoms with Crippen LogP contribution in [0.15, 0.2) is 41.1 Å². The standard InChI is InChI=1S/C16H16N2O4S2/c1-22-14-4-2-11(3-5-14)16-18-13(9-23-16)8-15(19)17-12-6-7-24(20,21)10-12/h2-7,9,12H,8,10H2,1H3,(H,17,19)/t12-/m0/s1. The third kappa shape index (κ3) is 4.01. The lowest BCUT2D eigenvalue weighted by atomic mass is 10.2. The van der Waals surface area contributed by atoms with Crippen LogP contribution in [0.2, 0.25) is 0 Å². The van der Waals surface area contributed by atoms with Gasteiger partial charge >= 0.3 is 0 Å². The highest BCUT2D eigenvalue weighted by atomic mass is 32.2. The van der Waals surface area contributed by atoms with E-state index in [-0.39, 0.29) is 18.1 Å². The smallest absolute Gasteiger partial charge is 0.226 e. The van der Waals surface area contributed by atoms with Gasteiger partial charge in [0.05, 0.1) is 31.0 Å². The number of carbonyl (C=O) groups excluding carboxylic acids is 1. The van der Waals surface area contributed by atoms with Gasteiger partial charge in [0.1, 0.15) is 10.8 Å². The number of sulfone groups is 1. The molecule has 1 aromatic heterocycles. The average Bonchev–Trinajstić information content (AvgIpc) is 3.14. The number of hydrogen-bond acceptors (Lipinski definition) is 6. The minimum absolute atomic E-state index is 0.0765. The quantitative estimate of drug-likeness (QED) is 0.874. The lowest BCUT2D eigenvalue weighted by Gasteiger charge is -2.08. The molecule has 8 heteroatoms. The molecule has 1 aliphatic heterocycles. The highest BCUT2D eigenvalue weighted by molar-refractivity contribution is 7.94. The minimum Gasteiger partial charge on any atom is -0.497 e. The van der Waals surface area contributed by atoms with Crippen LogP contribution in [0.1, 0.15) is 5.69 Å². The number of amides is 1. The Kier molecular flexibility index (Phi) is 4.68. The van der Waals surface area contributed by atoms with Crippen LogP contribution in [0, 0.1) is 0 Å². The van der Waals surface area contributed by atoms with Crippen molar-refractivity contribution in [1.82, 2.24) is 10.3 Å². The molecule has 0 radical (unpaired) electrons. The number of hydrogen-bond donors (Lipinski definition) is 1. The van der Waals surface area contributed by atoms with Gasteiger partial charge in [0.2, 0.25) is 5.91 Å². The van der Waals surface area contributed by atoms with E-state index in [1.54, 1.807) is 7.11 Å². The number of thiazole rings is 1. The van der Waals surface area contributed by atoms with Crippen molar-refractivity contribution >= 4 is 27.1 Å². The van der Waals surface area contributed by atoms with Crippen molar-refractivity contribution < 1.29 is 17.9 Å². The SMILES string of the molecule is COc1ccc(-c2nc(CC(=O)N[C@H]3C=CS(=O)(=O)C3)cs2)cc1. The van der Waals surface area contributed by atoms with Crippen molar-refractivity contribution in [1.29, 1.82) is 0 Å². The van der Waals surface area contributed by atoms with E-state index in [0.717, 1.165) is 21.7 Å². The summed E-state index contributed by atoms with van der Waals surface area (Å²) >= 11 is 1.46. The molecule has 0 spiro atoms. The van der Waals surface area contributed by atoms with E-state index < -0.39 is 15.9 Å². The predicted octanol–water partition coefficient (Wildman–Crippen LogP) is 1.79. The van der Waals surface area contributed by atoms with E-state index in [9.17, 15) is 13.2 Å². The summed E-state index contributed by atoms with van der Waals surface area (Å²) in [4.78, 5) is 16.5. The van der Waals surface area contributed by atoms with E-state index >= 15 is 0 Å². The van der Waals surface area contributed by atoms with Crippen molar-refractivity contribution in [3.63, 3.8) is 0 Å². The molecule has 1 aromatic carbocycles. The van der Waals surface area contributed by atoms with Gasteiger partial charge in [0.25, 0.3) is 0 Å². The van der Waals surface area contributed by atoms with E-state index in [0.29, 0.717) is 5.69 Å². The zero-order chi connectivity index (χ0) is 17.2. The molecule has 1 N–H and O–H groups in total. The lowest BCUT2D eigenvalue weighted by Crippen LogP contribution is -2.36. The summed E-state index contributed by atoms with van der Waals surface area (Å²) in [6, 6.07) is 7.08. The largest absolute Gasteiger partial charge is 0.497 e. The normalized spacial score (nSPS) is 18.5. The van der Waals surface area contributed by atoms with Crippen molar-refractivity contribution in [2.45, 2.75) is 12.5 Å². The Labute approximate surface area is 144 Å². The minimum atomic E-state index is -3.17. The molecule has 3 rings (SSSR count). The van der Waals surface area contributed by atoms with Crippen LogP contribution in [0.3, 0.4) is 0 Å². The summed E-state index contributed by atoms with van der Waals surface area (Å²) < 4.78 is 27.8. The predicted molar refractivity (Wildman–Crippen MR) is 92.7 cm³/mol. The summed E-state index contributed by atoms with van der Waals surface area (Å²) in [7, 11) is -1.56. The number of nitrogens with zero attached hydrogens (tertiary/aromatic N) is 1. The summed E-state index contributed by atoms with van der Waals surface area (Å²) in [5.41, 5.74) is 1.62. The monoisotopic (exact) mass is 364 g/mol. The summed E-state index contributed by atoms with van der Waals surface area (Å²) in [5.74, 6) is 0.454. The maximum atomic E-state index is 12.0. The highest BCUT2D eigenvalue weighted by Gasteiger charge is 2.23. The summed E-state index contributed by atoms with van der Waals surface area (Å²) in [6.45, 7) is 0. The van der Waals surface area contributed by atoms with Gasteiger partial charge in [0.15, 0.2) is 9.84 Å². The van der Waals surface area contributed by atoms with E-state index in [1.165, 1.54) is 17.4 Å². The summed E-state index contributed by atoms with van der Waals surface area (Å²) in [5, 5.41) is 6.49. The van der Waals surface area contributed by atoms with Crippen LogP contribution in [0.5, 0.6) is 5.75 Å². The number of benzene rings is 1. The molecular formula is C16H16N2O4S2. The number of nitrogens with one attached hydrogen (secondary N) is 1. The van der Waals surface area contributed by atoms with Crippen LogP contribution >= 0.6 is 11.3 Å². The molecule has 0 unspecified atom stereocenters. The van der Waals surface area contributed by atoms with Gasteiger partial charge in [-0.2, -0.15) is 0 Å². The second-order valence-electron chi connectivity index (χ2n) is 5.38. The average molecular weight is 364 g/mol. The number of methoxy groups -OCH3 is 1. The third-order valence-corrected chi connectivity index (χ3v) is 5.84. The maximum Gasteiger partial charge on any atom is 0.226 e. The molecule has 0 saturated carbocycles. The fraction of sp³-hybridized carbons (Fsp3) is 0.250. The van der Waals surface area contributed by atoms with Crippen LogP contribution in [0.25, 0.3) is 10.6 Å². The molecular weight excluding hydrogens is 348 g/mol. The molecule has 1 amide bonds. The Morgan fingerprint density at radius 2 is 2.12 bits per heavy atom. The maximum absolute atomic E-state index is 12.0. The topological polar surface area (TPSA) is 85.4 Å². The Morgan fingerprint density at radius 3 is 2.75 bits per heavy atom. The Bertz CT molecular complexity index is 870. The first kappa shape index (κ1) is 16.7. The Balaban J connectivity index is 1.61. The van der Waals surface area contributed by atoms with Crippen molar-refractivity contribution in [3.8, 4) is 16.3 Å². The van der Waals surface area contributed by atoms with E-state index in [1.807, 2.05) is 29.6 Å². The second-order valence-corrected chi connectivity index (χ2v) is 8.17. The highest BCUT2D eigenvalue weighted by Crippen LogP contribution is 2.25. The van der Waals surface area contributed by atoms with Gasteiger partial charge in [0, 0.05) is 16.4 Å². The van der Waals surface area contributed by atoms with Gasteiger partial charge in [-0.25, -0.2) is 13.4 Å². The second kappa shape index (κ2) is 6.74. The van der Waals surface area contributed by atoms with E-state index in [2.05, 4.69) is 10.3 Å². The van der Waals surface area contributed by atoms with Gasteiger partial charge in [-0.1, -0.05) is 0 Å². The summed E-state index contributed by atoms with van der Waals surface area (Å²) in [6.07, 6.45) is 1.62. The zero-order valence-electron chi connectivity index (χ0n) is 12.9. The van der Waals surface area contributed by atoms with Gasteiger partial charge in [-0.3, -0.25) is 4.79 Å². The zero-order valence-corrected chi connectivity index (χ0v) is 14.6. The van der Waals surface area contributed by atoms with Crippen LogP contribution in [-0.4, -0.2) is 38.2 Å². The first-order valence-electron chi connectivity index (χ1n) is 7.24. The number of carbonyl (C=O) groups is 1. The van der Waals surface area contributed by atoms with Crippen LogP contribution in [0.4, 0.5) is 0 Å². The number of aromatic nitrogens is 1. The number of ether oxygens (including phenoxy) is 1. The van der Waals surface area contributed by atoms with Crippen molar-refractivity contribution in [3.05, 3.63) is 46.8 Å². The molecule has 0 bridgehead atoms. The molecule has 0 fully saturated rings. The molecule has 1 atom stereocenters. The first-order chi connectivity index (χ1) is 11.4. The fourth-order valence-electron chi connectivity index (χ4n) is 2.34. The molecule has 2 aromatic rings. The molecule has 2 heterocycles. The fourth-order valence-corrected chi connectivity index (χ4v) is 4.40. The van der Waals surface area contributed by atoms with Crippen LogP contribution in [-0.2, 0) is 21.1 Å². The molecule has 1 aliphatic rings. The Hall–Kier alpha value is -2.19. The van der Waals surface area contributed by atoms with E-state index in [4.69, 9.17) is 4.74 Å². The molecule has 6 nitrogen and oxygen atoms in total. The number of rotatable bonds is 5. The third-order valence-electron chi connectivity index (χ3n) is 3.51. The van der Waals surface area contributed by atoms with Crippen molar-refractivity contribution in [2.24, 2.45) is 0 Å². The van der Waals surface area contributed by atoms with Gasteiger partial charge in [-0.15, -0.1) is 11.3 Å². The molecule has 126 valence electrons. The lowest BCUT2D eigenvalue weighted by molar-refractivity contribution is -0.120. The molecule has 0 aliphatic carbocycles. The first-order valence-corrected chi connectivity index (χ1v) is 9.84. The Morgan fingerprint density at radius 1 is 1.38 bits per heavy atom. The van der Waals surface area contributed by atoms with Gasteiger partial charge < -0.3 is 10.1 Å². The molecule has 0 saturated heterocycles. The van der Waals surface area contributed by atoms with Crippen LogP contribution < -0.4 is 10.1 Å². The van der Waals surface area contributed by atoms with Crippen molar-refractivity contribution in [2.75, 3.05) is 12.9 Å². The van der Waals surface area contributed by atoms with Gasteiger partial charge in [-0.05, 0) is 30.3 Å². The molecule has 24 heavy (non-hydrogen) atoms.